The molecule has 0 bridgehead atoms. The van der Waals surface area contributed by atoms with Crippen LogP contribution in [0.4, 0.5) is 10.5 Å². The number of aliphatic hydroxyl groups excluding tert-OH is 1. The fourth-order valence-corrected chi connectivity index (χ4v) is 3.35. The van der Waals surface area contributed by atoms with E-state index in [1.54, 1.807) is 35.7 Å². The first-order valence-corrected chi connectivity index (χ1v) is 8.82. The molecule has 25 heavy (non-hydrogen) atoms. The SMILES string of the molecule is O=C(Nc1cnc(C2CC2)nc1)N1CCC[C@H]1C[C@H](O)c1ccco1. The Morgan fingerprint density at radius 1 is 1.36 bits per heavy atom. The van der Waals surface area contributed by atoms with Gasteiger partial charge in [-0.1, -0.05) is 0 Å². The van der Waals surface area contributed by atoms with E-state index in [0.717, 1.165) is 31.5 Å². The van der Waals surface area contributed by atoms with Crippen molar-refractivity contribution in [2.45, 2.75) is 50.2 Å². The van der Waals surface area contributed by atoms with Crippen molar-refractivity contribution in [1.82, 2.24) is 14.9 Å². The summed E-state index contributed by atoms with van der Waals surface area (Å²) in [7, 11) is 0. The minimum Gasteiger partial charge on any atom is -0.467 e. The molecule has 1 aliphatic carbocycles. The molecule has 2 aromatic heterocycles. The van der Waals surface area contributed by atoms with Gasteiger partial charge in [0.25, 0.3) is 0 Å². The molecule has 1 aliphatic heterocycles. The van der Waals surface area contributed by atoms with Crippen LogP contribution in [0.2, 0.25) is 0 Å². The lowest BCUT2D eigenvalue weighted by Crippen LogP contribution is -2.39. The van der Waals surface area contributed by atoms with Gasteiger partial charge in [0, 0.05) is 24.9 Å². The van der Waals surface area contributed by atoms with Gasteiger partial charge in [-0.3, -0.25) is 0 Å². The van der Waals surface area contributed by atoms with Gasteiger partial charge in [-0.05, 0) is 37.8 Å². The molecule has 2 atom stereocenters. The number of hydrogen-bond donors (Lipinski definition) is 2. The first-order valence-electron chi connectivity index (χ1n) is 8.82. The van der Waals surface area contributed by atoms with Crippen LogP contribution in [0, 0.1) is 0 Å². The number of aliphatic hydroxyl groups is 1. The number of amides is 2. The molecule has 2 amide bonds. The van der Waals surface area contributed by atoms with Crippen molar-refractivity contribution in [1.29, 1.82) is 0 Å². The molecule has 132 valence electrons. The zero-order chi connectivity index (χ0) is 17.2. The Morgan fingerprint density at radius 3 is 2.84 bits per heavy atom. The topological polar surface area (TPSA) is 91.5 Å². The van der Waals surface area contributed by atoms with Crippen molar-refractivity contribution in [3.8, 4) is 0 Å². The zero-order valence-corrected chi connectivity index (χ0v) is 14.0. The third-order valence-electron chi connectivity index (χ3n) is 4.87. The number of anilines is 1. The van der Waals surface area contributed by atoms with E-state index in [4.69, 9.17) is 4.42 Å². The Kier molecular flexibility index (Phi) is 4.40. The predicted molar refractivity (Wildman–Crippen MR) is 91.0 cm³/mol. The van der Waals surface area contributed by atoms with Crippen molar-refractivity contribution in [2.75, 3.05) is 11.9 Å². The lowest BCUT2D eigenvalue weighted by molar-refractivity contribution is 0.110. The molecule has 7 nitrogen and oxygen atoms in total. The molecule has 3 heterocycles. The quantitative estimate of drug-likeness (QED) is 0.871. The fourth-order valence-electron chi connectivity index (χ4n) is 3.35. The lowest BCUT2D eigenvalue weighted by atomic mass is 10.1. The number of likely N-dealkylation sites (tertiary alicyclic amines) is 1. The molecule has 0 radical (unpaired) electrons. The Balaban J connectivity index is 1.36. The van der Waals surface area contributed by atoms with Crippen LogP contribution >= 0.6 is 0 Å². The number of nitrogens with one attached hydrogen (secondary N) is 1. The molecular formula is C18H22N4O3. The van der Waals surface area contributed by atoms with Gasteiger partial charge in [0.1, 0.15) is 17.7 Å². The van der Waals surface area contributed by atoms with E-state index in [9.17, 15) is 9.90 Å². The Hall–Kier alpha value is -2.41. The van der Waals surface area contributed by atoms with Crippen LogP contribution < -0.4 is 5.32 Å². The second kappa shape index (κ2) is 6.84. The number of hydrogen-bond acceptors (Lipinski definition) is 5. The number of urea groups is 1. The minimum atomic E-state index is -0.699. The van der Waals surface area contributed by atoms with Crippen LogP contribution in [0.3, 0.4) is 0 Å². The number of nitrogens with zero attached hydrogens (tertiary/aromatic N) is 3. The first-order chi connectivity index (χ1) is 12.2. The van der Waals surface area contributed by atoms with E-state index in [-0.39, 0.29) is 12.1 Å². The largest absolute Gasteiger partial charge is 0.467 e. The van der Waals surface area contributed by atoms with Gasteiger partial charge in [0.15, 0.2) is 0 Å². The molecule has 2 aromatic rings. The standard InChI is InChI=1S/C18H22N4O3/c23-15(16-4-2-8-25-16)9-14-3-1-7-22(14)18(24)21-13-10-19-17(20-11-13)12-5-6-12/h2,4,8,10-12,14-15,23H,1,3,5-7,9H2,(H,21,24)/t14-,15-/m0/s1. The van der Waals surface area contributed by atoms with E-state index >= 15 is 0 Å². The maximum atomic E-state index is 12.6. The summed E-state index contributed by atoms with van der Waals surface area (Å²) in [6.07, 6.45) is 8.76. The monoisotopic (exact) mass is 342 g/mol. The molecule has 7 heteroatoms. The summed E-state index contributed by atoms with van der Waals surface area (Å²) in [5.74, 6) is 1.89. The van der Waals surface area contributed by atoms with Crippen LogP contribution in [0.25, 0.3) is 0 Å². The minimum absolute atomic E-state index is 0.00763. The van der Waals surface area contributed by atoms with E-state index in [0.29, 0.717) is 30.3 Å². The highest BCUT2D eigenvalue weighted by Gasteiger charge is 2.31. The van der Waals surface area contributed by atoms with Gasteiger partial charge in [-0.25, -0.2) is 14.8 Å². The highest BCUT2D eigenvalue weighted by atomic mass is 16.4. The highest BCUT2D eigenvalue weighted by Crippen LogP contribution is 2.37. The van der Waals surface area contributed by atoms with Crippen molar-refractivity contribution < 1.29 is 14.3 Å². The van der Waals surface area contributed by atoms with Gasteiger partial charge in [-0.2, -0.15) is 0 Å². The summed E-state index contributed by atoms with van der Waals surface area (Å²) in [6.45, 7) is 0.683. The number of carbonyl (C=O) groups is 1. The van der Waals surface area contributed by atoms with Gasteiger partial charge < -0.3 is 19.7 Å². The average Bonchev–Trinajstić information content (AvgIpc) is 3.12. The molecule has 0 aromatic carbocycles. The number of furan rings is 1. The molecule has 2 aliphatic rings. The highest BCUT2D eigenvalue weighted by molar-refractivity contribution is 5.89. The Bertz CT molecular complexity index is 712. The number of carbonyl (C=O) groups excluding carboxylic acids is 1. The molecular weight excluding hydrogens is 320 g/mol. The van der Waals surface area contributed by atoms with Crippen LogP contribution in [0.1, 0.15) is 55.7 Å². The lowest BCUT2D eigenvalue weighted by Gasteiger charge is -2.26. The van der Waals surface area contributed by atoms with Gasteiger partial charge in [0.05, 0.1) is 24.3 Å². The van der Waals surface area contributed by atoms with E-state index < -0.39 is 6.10 Å². The third-order valence-corrected chi connectivity index (χ3v) is 4.87. The van der Waals surface area contributed by atoms with Crippen LogP contribution in [0.5, 0.6) is 0 Å². The van der Waals surface area contributed by atoms with Crippen molar-refractivity contribution in [3.05, 3.63) is 42.4 Å². The summed E-state index contributed by atoms with van der Waals surface area (Å²) < 4.78 is 5.25. The molecule has 1 saturated heterocycles. The second-order valence-corrected chi connectivity index (χ2v) is 6.79. The van der Waals surface area contributed by atoms with Crippen LogP contribution in [-0.2, 0) is 0 Å². The van der Waals surface area contributed by atoms with Crippen molar-refractivity contribution >= 4 is 11.7 Å². The van der Waals surface area contributed by atoms with Gasteiger partial charge in [-0.15, -0.1) is 0 Å². The maximum Gasteiger partial charge on any atom is 0.322 e. The van der Waals surface area contributed by atoms with E-state index in [2.05, 4.69) is 15.3 Å². The summed E-state index contributed by atoms with van der Waals surface area (Å²) >= 11 is 0. The van der Waals surface area contributed by atoms with Gasteiger partial charge >= 0.3 is 6.03 Å². The molecule has 0 spiro atoms. The maximum absolute atomic E-state index is 12.6. The van der Waals surface area contributed by atoms with Crippen LogP contribution in [-0.4, -0.2) is 38.6 Å². The molecule has 0 unspecified atom stereocenters. The Labute approximate surface area is 146 Å². The summed E-state index contributed by atoms with van der Waals surface area (Å²) in [5, 5.41) is 13.1. The zero-order valence-electron chi connectivity index (χ0n) is 14.0. The van der Waals surface area contributed by atoms with Crippen molar-refractivity contribution in [3.63, 3.8) is 0 Å². The second-order valence-electron chi connectivity index (χ2n) is 6.79. The van der Waals surface area contributed by atoms with Crippen LogP contribution in [0.15, 0.2) is 35.2 Å². The molecule has 2 N–H and O–H groups in total. The van der Waals surface area contributed by atoms with Crippen molar-refractivity contribution in [2.24, 2.45) is 0 Å². The first kappa shape index (κ1) is 16.1. The average molecular weight is 342 g/mol. The number of rotatable bonds is 5. The van der Waals surface area contributed by atoms with Gasteiger partial charge in [0.2, 0.25) is 0 Å². The number of aromatic nitrogens is 2. The summed E-state index contributed by atoms with van der Waals surface area (Å²) in [6, 6.07) is 3.33. The normalized spacial score (nSPS) is 21.3. The third kappa shape index (κ3) is 3.66. The molecule has 4 rings (SSSR count). The van der Waals surface area contributed by atoms with E-state index in [1.807, 2.05) is 0 Å². The molecule has 1 saturated carbocycles. The summed E-state index contributed by atoms with van der Waals surface area (Å²) in [4.78, 5) is 23.0. The van der Waals surface area contributed by atoms with E-state index in [1.165, 1.54) is 0 Å². The molecule has 2 fully saturated rings. The fraction of sp³-hybridized carbons (Fsp3) is 0.500. The predicted octanol–water partition coefficient (Wildman–Crippen LogP) is 3.07. The Morgan fingerprint density at radius 2 is 2.16 bits per heavy atom. The smallest absolute Gasteiger partial charge is 0.322 e. The summed E-state index contributed by atoms with van der Waals surface area (Å²) in [5.41, 5.74) is 0.603.